The number of nitrogens with zero attached hydrogens (tertiary/aromatic N) is 4. The Hall–Kier alpha value is -10.1. The summed E-state index contributed by atoms with van der Waals surface area (Å²) in [7, 11) is 0. The molecule has 0 saturated carbocycles. The highest BCUT2D eigenvalue weighted by Gasteiger charge is 2.47. The van der Waals surface area contributed by atoms with Gasteiger partial charge in [-0.15, -0.1) is 0 Å². The van der Waals surface area contributed by atoms with E-state index in [-0.39, 0.29) is 0 Å². The molecule has 0 fully saturated rings. The Morgan fingerprint density at radius 3 is 0.667 bits per heavy atom. The lowest BCUT2D eigenvalue weighted by atomic mass is 9.81. The number of aromatic nitrogens is 4. The molecule has 6 heterocycles. The predicted molar refractivity (Wildman–Crippen MR) is 340 cm³/mol. The molecule has 2 aliphatic rings. The summed E-state index contributed by atoms with van der Waals surface area (Å²) < 4.78 is 68.0. The van der Waals surface area contributed by atoms with Gasteiger partial charge < -0.3 is 35.2 Å². The molecule has 0 atom stereocenters. The third kappa shape index (κ3) is 7.62. The molecule has 84 heavy (non-hydrogen) atoms. The third-order valence-corrected chi connectivity index (χ3v) is 17.7. The minimum Gasteiger partial charge on any atom is -0.437 e. The highest BCUT2D eigenvalue weighted by atomic mass is 19.3. The first-order chi connectivity index (χ1) is 40.9. The lowest BCUT2D eigenvalue weighted by molar-refractivity contribution is 0.512. The van der Waals surface area contributed by atoms with Crippen molar-refractivity contribution in [1.82, 2.24) is 17.9 Å². The molecule has 4 nitrogen and oxygen atoms in total. The molecular formula is C74H54B2F4N4. The molecule has 2 aliphatic heterocycles. The summed E-state index contributed by atoms with van der Waals surface area (Å²) in [6.07, 6.45) is 0. The topological polar surface area (TPSA) is 19.7 Å². The second kappa shape index (κ2) is 19.3. The van der Waals surface area contributed by atoms with Crippen LogP contribution in [0.4, 0.5) is 17.3 Å². The SMILES string of the molecule is Cc1ccc2n1[B-](F)(F)n1c(C)ccc1[C+]2c1ccc(-c2c3ccccc3c(-c3ccccc3)c3ccccc23)cc1.Cc1ccc2n1[B-](F)(F)n1c(C)ccc1[C+]2c1ccc(-c2c3ccccc3c(-c3ccccc3)c3ccccc23)cc1. The Balaban J connectivity index is 0.000000143. The fourth-order valence-electron chi connectivity index (χ4n) is 14.1. The van der Waals surface area contributed by atoms with Crippen molar-refractivity contribution in [2.75, 3.05) is 0 Å². The molecule has 0 amide bonds. The van der Waals surface area contributed by atoms with Gasteiger partial charge in [-0.1, -0.05) is 158 Å². The number of aryl methyl sites for hydroxylation is 4. The molecule has 0 bridgehead atoms. The molecule has 0 radical (unpaired) electrons. The zero-order chi connectivity index (χ0) is 57.2. The van der Waals surface area contributed by atoms with Crippen LogP contribution in [0.5, 0.6) is 0 Å². The van der Waals surface area contributed by atoms with E-state index in [1.165, 1.54) is 94.4 Å². The summed E-state index contributed by atoms with van der Waals surface area (Å²) in [6, 6.07) is 86.8. The van der Waals surface area contributed by atoms with Crippen LogP contribution >= 0.6 is 0 Å². The van der Waals surface area contributed by atoms with Gasteiger partial charge in [0.25, 0.3) is 0 Å². The summed E-state index contributed by atoms with van der Waals surface area (Å²) in [5, 5.41) is 9.55. The Bertz CT molecular complexity index is 4370. The molecule has 0 aliphatic carbocycles. The van der Waals surface area contributed by atoms with Crippen LogP contribution in [0.3, 0.4) is 0 Å². The lowest BCUT2D eigenvalue weighted by Gasteiger charge is -2.39. The van der Waals surface area contributed by atoms with Gasteiger partial charge in [-0.2, -0.15) is 0 Å². The van der Waals surface area contributed by atoms with E-state index in [0.717, 1.165) is 34.1 Å². The van der Waals surface area contributed by atoms with Crippen molar-refractivity contribution in [3.05, 3.63) is 323 Å². The van der Waals surface area contributed by atoms with Crippen molar-refractivity contribution in [3.63, 3.8) is 0 Å². The molecule has 0 spiro atoms. The predicted octanol–water partition coefficient (Wildman–Crippen LogP) is 19.3. The van der Waals surface area contributed by atoms with Gasteiger partial charge >= 0.3 is 13.9 Å². The Kier molecular flexibility index (Phi) is 11.7. The molecule has 4 aromatic heterocycles. The van der Waals surface area contributed by atoms with Crippen LogP contribution < -0.4 is 0 Å². The van der Waals surface area contributed by atoms with Gasteiger partial charge in [-0.05, 0) is 187 Å². The summed E-state index contributed by atoms with van der Waals surface area (Å²) in [5.41, 5.74) is 15.6. The molecule has 404 valence electrons. The van der Waals surface area contributed by atoms with E-state index in [4.69, 9.17) is 0 Å². The first-order valence-electron chi connectivity index (χ1n) is 28.6. The van der Waals surface area contributed by atoms with Crippen LogP contribution in [0, 0.1) is 39.5 Å². The van der Waals surface area contributed by atoms with Crippen molar-refractivity contribution in [1.29, 1.82) is 0 Å². The molecule has 0 saturated heterocycles. The van der Waals surface area contributed by atoms with Crippen LogP contribution in [0.1, 0.15) is 56.7 Å². The van der Waals surface area contributed by atoms with E-state index in [0.29, 0.717) is 45.6 Å². The van der Waals surface area contributed by atoms with Crippen molar-refractivity contribution in [3.8, 4) is 44.5 Å². The van der Waals surface area contributed by atoms with Crippen molar-refractivity contribution in [2.45, 2.75) is 27.7 Å². The van der Waals surface area contributed by atoms with Gasteiger partial charge in [0.15, 0.2) is 0 Å². The Labute approximate surface area is 485 Å². The van der Waals surface area contributed by atoms with Crippen LogP contribution in [0.15, 0.2) is 255 Å². The van der Waals surface area contributed by atoms with Crippen molar-refractivity contribution in [2.24, 2.45) is 0 Å². The Morgan fingerprint density at radius 2 is 0.440 bits per heavy atom. The third-order valence-electron chi connectivity index (χ3n) is 17.7. The molecule has 10 aromatic carbocycles. The van der Waals surface area contributed by atoms with Crippen LogP contribution in [-0.4, -0.2) is 31.9 Å². The van der Waals surface area contributed by atoms with Crippen molar-refractivity contribution >= 4 is 57.0 Å². The molecule has 10 heteroatoms. The fraction of sp³-hybridized carbons (Fsp3) is 0.0541. The maximum atomic E-state index is 15.8. The fourth-order valence-corrected chi connectivity index (χ4v) is 14.1. The highest BCUT2D eigenvalue weighted by Crippen LogP contribution is 2.48. The quantitative estimate of drug-likeness (QED) is 0.0684. The van der Waals surface area contributed by atoms with Gasteiger partial charge in [-0.25, -0.2) is 0 Å². The van der Waals surface area contributed by atoms with Crippen LogP contribution in [0.25, 0.3) is 87.6 Å². The monoisotopic (exact) mass is 1100 g/mol. The first-order valence-corrected chi connectivity index (χ1v) is 28.6. The summed E-state index contributed by atoms with van der Waals surface area (Å²) in [4.78, 5) is 0. The lowest BCUT2D eigenvalue weighted by Crippen LogP contribution is -2.50. The number of fused-ring (bicyclic) bond motifs is 8. The summed E-state index contributed by atoms with van der Waals surface area (Å²) >= 11 is 0. The summed E-state index contributed by atoms with van der Waals surface area (Å²) in [5.74, 6) is 1.65. The Morgan fingerprint density at radius 1 is 0.238 bits per heavy atom. The first kappa shape index (κ1) is 50.9. The van der Waals surface area contributed by atoms with E-state index >= 15 is 17.3 Å². The normalized spacial score (nSPS) is 13.9. The van der Waals surface area contributed by atoms with Gasteiger partial charge in [0.2, 0.25) is 0 Å². The number of hydrogen-bond acceptors (Lipinski definition) is 0. The number of hydrogen-bond donors (Lipinski definition) is 0. The minimum atomic E-state index is -3.97. The van der Waals surface area contributed by atoms with E-state index in [9.17, 15) is 0 Å². The second-order valence-electron chi connectivity index (χ2n) is 22.4. The van der Waals surface area contributed by atoms with E-state index in [2.05, 4.69) is 194 Å². The minimum absolute atomic E-state index is 0.555. The second-order valence-corrected chi connectivity index (χ2v) is 22.4. The number of rotatable bonds is 6. The van der Waals surface area contributed by atoms with Crippen molar-refractivity contribution < 1.29 is 17.3 Å². The largest absolute Gasteiger partial charge is 0.535 e. The van der Waals surface area contributed by atoms with E-state index in [1.54, 1.807) is 52.0 Å². The van der Waals surface area contributed by atoms with Crippen LogP contribution in [0.2, 0.25) is 0 Å². The number of halogens is 4. The van der Waals surface area contributed by atoms with Gasteiger partial charge in [0.1, 0.15) is 11.8 Å². The maximum Gasteiger partial charge on any atom is 0.535 e. The van der Waals surface area contributed by atoms with Gasteiger partial charge in [-0.3, -0.25) is 0 Å². The summed E-state index contributed by atoms with van der Waals surface area (Å²) in [6.45, 7) is -0.937. The van der Waals surface area contributed by atoms with Gasteiger partial charge in [0.05, 0.1) is 33.9 Å². The van der Waals surface area contributed by atoms with Gasteiger partial charge in [0, 0.05) is 48.5 Å². The maximum absolute atomic E-state index is 15.8. The molecule has 16 rings (SSSR count). The standard InChI is InChI=1S/2C37H27BF2N2/c2*1-24-16-22-33-37(34-23-17-25(2)42(34)38(39,40)41(24)33)28-20-18-27(19-21-28)36-31-14-8-6-12-29(31)35(26-10-4-3-5-11-26)30-13-7-9-15-32(30)36/h2*3-23H,1-2H3. The average Bonchev–Trinajstić information content (AvgIpc) is 1.84. The van der Waals surface area contributed by atoms with Crippen LogP contribution in [-0.2, 0) is 0 Å². The molecular weight excluding hydrogens is 1040 g/mol. The average molecular weight is 1100 g/mol. The molecule has 0 unspecified atom stereocenters. The zero-order valence-electron chi connectivity index (χ0n) is 46.7. The smallest absolute Gasteiger partial charge is 0.437 e. The highest BCUT2D eigenvalue weighted by molar-refractivity contribution is 6.64. The molecule has 0 N–H and O–H groups in total. The van der Waals surface area contributed by atoms with E-state index < -0.39 is 13.9 Å². The number of benzene rings is 10. The van der Waals surface area contributed by atoms with E-state index in [1.807, 2.05) is 36.4 Å². The zero-order valence-corrected chi connectivity index (χ0v) is 46.7. The molecule has 14 aromatic rings.